The first-order valence-corrected chi connectivity index (χ1v) is 13.2. The largest absolute Gasteiger partial charge is 0.497 e. The number of benzene rings is 2. The van der Waals surface area contributed by atoms with Crippen LogP contribution in [0.15, 0.2) is 53.5 Å². The van der Waals surface area contributed by atoms with Crippen LogP contribution in [-0.2, 0) is 19.3 Å². The minimum atomic E-state index is 0.425. The second-order valence-electron chi connectivity index (χ2n) is 9.70. The molecule has 34 heavy (non-hydrogen) atoms. The molecule has 0 unspecified atom stereocenters. The van der Waals surface area contributed by atoms with Crippen molar-refractivity contribution in [1.29, 1.82) is 0 Å². The maximum absolute atomic E-state index is 5.29. The maximum Gasteiger partial charge on any atom is 0.156 e. The number of amidine groups is 1. The number of ether oxygens (including phenoxy) is 1. The van der Waals surface area contributed by atoms with E-state index in [0.29, 0.717) is 12.0 Å². The molecule has 3 heterocycles. The second-order valence-corrected chi connectivity index (χ2v) is 10.9. The van der Waals surface area contributed by atoms with Gasteiger partial charge in [0.1, 0.15) is 11.4 Å². The summed E-state index contributed by atoms with van der Waals surface area (Å²) in [6.45, 7) is 7.40. The number of hydrogen-bond donors (Lipinski definition) is 1. The molecule has 0 amide bonds. The summed E-state index contributed by atoms with van der Waals surface area (Å²) in [4.78, 5) is 14.2. The highest BCUT2D eigenvalue weighted by Crippen LogP contribution is 2.33. The van der Waals surface area contributed by atoms with Crippen LogP contribution in [0, 0.1) is 5.92 Å². The summed E-state index contributed by atoms with van der Waals surface area (Å²) in [6, 6.07) is 17.4. The molecule has 0 aliphatic carbocycles. The van der Waals surface area contributed by atoms with E-state index in [2.05, 4.69) is 60.5 Å². The summed E-state index contributed by atoms with van der Waals surface area (Å²) < 4.78 is 5.29. The molecule has 5 nitrogen and oxygen atoms in total. The lowest BCUT2D eigenvalue weighted by molar-refractivity contribution is 0.282. The molecule has 0 bridgehead atoms. The van der Waals surface area contributed by atoms with Crippen LogP contribution >= 0.6 is 11.3 Å². The van der Waals surface area contributed by atoms with Crippen molar-refractivity contribution in [2.24, 2.45) is 10.9 Å². The average Bonchev–Trinajstić information content (AvgIpc) is 3.16. The van der Waals surface area contributed by atoms with Crippen LogP contribution in [0.2, 0.25) is 0 Å². The summed E-state index contributed by atoms with van der Waals surface area (Å²) >= 11 is 1.88. The third-order valence-corrected chi connectivity index (χ3v) is 7.68. The van der Waals surface area contributed by atoms with E-state index < -0.39 is 0 Å². The molecule has 0 saturated carbocycles. The van der Waals surface area contributed by atoms with Crippen molar-refractivity contribution < 1.29 is 4.74 Å². The first-order chi connectivity index (χ1) is 16.6. The van der Waals surface area contributed by atoms with Gasteiger partial charge in [0.25, 0.3) is 0 Å². The Morgan fingerprint density at radius 1 is 1.15 bits per heavy atom. The lowest BCUT2D eigenvalue weighted by Crippen LogP contribution is -2.53. The summed E-state index contributed by atoms with van der Waals surface area (Å²) in [5.74, 6) is 2.57. The van der Waals surface area contributed by atoms with Gasteiger partial charge < -0.3 is 15.0 Å². The highest BCUT2D eigenvalue weighted by molar-refractivity contribution is 7.12. The number of hydrogen-bond acceptors (Lipinski definition) is 6. The predicted molar refractivity (Wildman–Crippen MR) is 141 cm³/mol. The zero-order valence-electron chi connectivity index (χ0n) is 20.4. The van der Waals surface area contributed by atoms with Gasteiger partial charge in [0.05, 0.1) is 17.8 Å². The van der Waals surface area contributed by atoms with Gasteiger partial charge >= 0.3 is 0 Å². The SMILES string of the molecule is COc1ccc(CC[C@H]2CN(C3=Nc4ccccc4Cc4sc(CC(C)C)nc43)CCN2)cc1. The lowest BCUT2D eigenvalue weighted by Gasteiger charge is -2.35. The van der Waals surface area contributed by atoms with Gasteiger partial charge in [-0.1, -0.05) is 44.2 Å². The van der Waals surface area contributed by atoms with Gasteiger partial charge in [-0.05, 0) is 48.1 Å². The zero-order chi connectivity index (χ0) is 23.5. The van der Waals surface area contributed by atoms with Crippen LogP contribution in [0.25, 0.3) is 0 Å². The third kappa shape index (κ3) is 5.18. The van der Waals surface area contributed by atoms with Crippen molar-refractivity contribution in [2.75, 3.05) is 26.7 Å². The number of fused-ring (bicyclic) bond motifs is 2. The molecular formula is C28H34N4OS. The number of rotatable bonds is 6. The van der Waals surface area contributed by atoms with E-state index in [-0.39, 0.29) is 0 Å². The zero-order valence-corrected chi connectivity index (χ0v) is 21.2. The number of aryl methyl sites for hydroxylation is 1. The van der Waals surface area contributed by atoms with Gasteiger partial charge in [-0.3, -0.25) is 0 Å². The van der Waals surface area contributed by atoms with Gasteiger partial charge in [0.2, 0.25) is 0 Å². The molecule has 6 heteroatoms. The smallest absolute Gasteiger partial charge is 0.156 e. The van der Waals surface area contributed by atoms with Crippen LogP contribution in [-0.4, -0.2) is 48.5 Å². The topological polar surface area (TPSA) is 49.8 Å². The van der Waals surface area contributed by atoms with Gasteiger partial charge in [0, 0.05) is 43.4 Å². The van der Waals surface area contributed by atoms with Crippen LogP contribution < -0.4 is 10.1 Å². The molecule has 0 spiro atoms. The monoisotopic (exact) mass is 474 g/mol. The molecule has 2 aromatic carbocycles. The normalized spacial score (nSPS) is 17.7. The summed E-state index contributed by atoms with van der Waals surface area (Å²) in [6.07, 6.45) is 4.08. The van der Waals surface area contributed by atoms with Crippen LogP contribution in [0.4, 0.5) is 5.69 Å². The fourth-order valence-corrected chi connectivity index (χ4v) is 6.10. The Kier molecular flexibility index (Phi) is 6.97. The van der Waals surface area contributed by atoms with Crippen molar-refractivity contribution in [3.63, 3.8) is 0 Å². The first kappa shape index (κ1) is 23.1. The highest BCUT2D eigenvalue weighted by atomic mass is 32.1. The standard InChI is InChI=1S/C28H34N4OS/c1-19(2)16-26-31-27-25(34-26)17-21-6-4-5-7-24(21)30-28(27)32-15-14-29-22(18-32)11-8-20-9-12-23(33-3)13-10-20/h4-7,9-10,12-13,19,22,29H,8,11,14-18H2,1-3H3/t22-/m0/s1. The Morgan fingerprint density at radius 2 is 1.97 bits per heavy atom. The van der Waals surface area contributed by atoms with E-state index >= 15 is 0 Å². The summed E-state index contributed by atoms with van der Waals surface area (Å²) in [5.41, 5.74) is 4.83. The molecule has 1 aromatic heterocycles. The third-order valence-electron chi connectivity index (χ3n) is 6.60. The Morgan fingerprint density at radius 3 is 2.76 bits per heavy atom. The molecule has 1 fully saturated rings. The number of methoxy groups -OCH3 is 1. The molecule has 5 rings (SSSR count). The Hall–Kier alpha value is -2.70. The van der Waals surface area contributed by atoms with Crippen LogP contribution in [0.5, 0.6) is 5.75 Å². The number of aromatic nitrogens is 1. The predicted octanol–water partition coefficient (Wildman–Crippen LogP) is 5.24. The van der Waals surface area contributed by atoms with Crippen molar-refractivity contribution in [3.05, 3.63) is 75.2 Å². The van der Waals surface area contributed by atoms with Crippen LogP contribution in [0.3, 0.4) is 0 Å². The molecule has 2 aliphatic heterocycles. The molecular weight excluding hydrogens is 440 g/mol. The van der Waals surface area contributed by atoms with Gasteiger partial charge in [-0.25, -0.2) is 9.98 Å². The fraction of sp³-hybridized carbons (Fsp3) is 0.429. The van der Waals surface area contributed by atoms with Gasteiger partial charge in [0.15, 0.2) is 5.84 Å². The number of piperazine rings is 1. The number of thiazole rings is 1. The molecule has 1 saturated heterocycles. The Balaban J connectivity index is 1.37. The number of aliphatic imine (C=N–C) groups is 1. The molecule has 178 valence electrons. The number of nitrogens with zero attached hydrogens (tertiary/aromatic N) is 3. The van der Waals surface area contributed by atoms with Crippen molar-refractivity contribution in [2.45, 2.75) is 45.6 Å². The Labute approximate surface area is 206 Å². The van der Waals surface area contributed by atoms with E-state index in [1.54, 1.807) is 7.11 Å². The quantitative estimate of drug-likeness (QED) is 0.531. The molecule has 3 aromatic rings. The number of para-hydroxylation sites is 1. The van der Waals surface area contributed by atoms with E-state index in [1.807, 2.05) is 23.5 Å². The minimum Gasteiger partial charge on any atom is -0.497 e. The van der Waals surface area contributed by atoms with E-state index in [9.17, 15) is 0 Å². The summed E-state index contributed by atoms with van der Waals surface area (Å²) in [5, 5.41) is 4.97. The van der Waals surface area contributed by atoms with Crippen molar-refractivity contribution in [3.8, 4) is 5.75 Å². The second kappa shape index (κ2) is 10.3. The van der Waals surface area contributed by atoms with Gasteiger partial charge in [-0.15, -0.1) is 11.3 Å². The number of nitrogens with one attached hydrogen (secondary N) is 1. The molecule has 1 atom stereocenters. The molecule has 0 radical (unpaired) electrons. The van der Waals surface area contributed by atoms with E-state index in [4.69, 9.17) is 14.7 Å². The maximum atomic E-state index is 5.29. The first-order valence-electron chi connectivity index (χ1n) is 12.4. The van der Waals surface area contributed by atoms with E-state index in [0.717, 1.165) is 68.3 Å². The molecule has 1 N–H and O–H groups in total. The van der Waals surface area contributed by atoms with E-state index in [1.165, 1.54) is 21.0 Å². The van der Waals surface area contributed by atoms with Crippen LogP contribution in [0.1, 0.15) is 47.0 Å². The fourth-order valence-electron chi connectivity index (χ4n) is 4.81. The average molecular weight is 475 g/mol. The van der Waals surface area contributed by atoms with Crippen molar-refractivity contribution >= 4 is 22.9 Å². The van der Waals surface area contributed by atoms with Crippen molar-refractivity contribution in [1.82, 2.24) is 15.2 Å². The molecule has 2 aliphatic rings. The summed E-state index contributed by atoms with van der Waals surface area (Å²) in [7, 11) is 1.71. The Bertz CT molecular complexity index is 1150. The van der Waals surface area contributed by atoms with Gasteiger partial charge in [-0.2, -0.15) is 0 Å². The highest BCUT2D eigenvalue weighted by Gasteiger charge is 2.29. The minimum absolute atomic E-state index is 0.425. The lowest BCUT2D eigenvalue weighted by atomic mass is 10.0.